The first kappa shape index (κ1) is 31.5. The number of nitrogens with zero attached hydrogens (tertiary/aromatic N) is 1. The highest BCUT2D eigenvalue weighted by Crippen LogP contribution is 2.25. The van der Waals surface area contributed by atoms with Gasteiger partial charge in [0.05, 0.1) is 11.0 Å². The van der Waals surface area contributed by atoms with Crippen molar-refractivity contribution in [3.63, 3.8) is 0 Å². The highest BCUT2D eigenvalue weighted by Gasteiger charge is 2.25. The minimum Gasteiger partial charge on any atom is -0.481 e. The van der Waals surface area contributed by atoms with Crippen LogP contribution in [0.2, 0.25) is 0 Å². The van der Waals surface area contributed by atoms with Crippen LogP contribution in [0.1, 0.15) is 56.7 Å². The molecule has 0 radical (unpaired) electrons. The lowest BCUT2D eigenvalue weighted by atomic mass is 9.93. The number of nitrogens with one attached hydrogen (secondary N) is 1. The molecule has 3 aromatic rings. The number of sulfonamides is 1. The van der Waals surface area contributed by atoms with Crippen molar-refractivity contribution in [1.29, 1.82) is 0 Å². The lowest BCUT2D eigenvalue weighted by molar-refractivity contribution is -0.136. The van der Waals surface area contributed by atoms with Gasteiger partial charge < -0.3 is 15.5 Å². The zero-order valence-electron chi connectivity index (χ0n) is 24.1. The smallest absolute Gasteiger partial charge is 0.303 e. The van der Waals surface area contributed by atoms with Gasteiger partial charge in [-0.3, -0.25) is 4.79 Å². The van der Waals surface area contributed by atoms with Crippen molar-refractivity contribution >= 4 is 16.0 Å². The van der Waals surface area contributed by atoms with Crippen LogP contribution < -0.4 is 5.32 Å². The third kappa shape index (κ3) is 8.99. The number of rotatable bonds is 14. The van der Waals surface area contributed by atoms with Crippen LogP contribution in [0.4, 0.5) is 0 Å². The van der Waals surface area contributed by atoms with E-state index in [0.717, 1.165) is 23.1 Å². The zero-order chi connectivity index (χ0) is 29.5. The summed E-state index contributed by atoms with van der Waals surface area (Å²) in [5, 5.41) is 23.0. The number of hydrogen-bond acceptors (Lipinski definition) is 5. The van der Waals surface area contributed by atoms with Gasteiger partial charge in [-0.15, -0.1) is 0 Å². The topological polar surface area (TPSA) is 107 Å². The summed E-state index contributed by atoms with van der Waals surface area (Å²) >= 11 is 0. The summed E-state index contributed by atoms with van der Waals surface area (Å²) in [5.41, 5.74) is 4.70. The fourth-order valence-corrected chi connectivity index (χ4v) is 5.83. The number of likely N-dealkylation sites (N-methyl/N-ethyl adjacent to an activating group) is 1. The second kappa shape index (κ2) is 13.5. The molecule has 0 aliphatic heterocycles. The first-order chi connectivity index (χ1) is 18.8. The molecule has 216 valence electrons. The van der Waals surface area contributed by atoms with Crippen LogP contribution in [-0.4, -0.2) is 60.7 Å². The Bertz CT molecular complexity index is 1370. The van der Waals surface area contributed by atoms with E-state index in [4.69, 9.17) is 5.11 Å². The van der Waals surface area contributed by atoms with Crippen molar-refractivity contribution in [2.75, 3.05) is 20.1 Å². The monoisotopic (exact) mass is 566 g/mol. The largest absolute Gasteiger partial charge is 0.481 e. The number of carboxylic acid groups (broad SMARTS) is 1. The Morgan fingerprint density at radius 1 is 0.950 bits per heavy atom. The van der Waals surface area contributed by atoms with E-state index < -0.39 is 22.1 Å². The van der Waals surface area contributed by atoms with E-state index in [1.165, 1.54) is 22.5 Å². The summed E-state index contributed by atoms with van der Waals surface area (Å²) in [7, 11) is -2.35. The minimum atomic E-state index is -3.82. The first-order valence-corrected chi connectivity index (χ1v) is 15.1. The molecule has 40 heavy (non-hydrogen) atoms. The van der Waals surface area contributed by atoms with E-state index >= 15 is 0 Å². The summed E-state index contributed by atoms with van der Waals surface area (Å²) in [4.78, 5) is 11.0. The van der Waals surface area contributed by atoms with Crippen molar-refractivity contribution in [3.8, 4) is 11.1 Å². The molecule has 3 aromatic carbocycles. The number of aliphatic hydroxyl groups excluding tert-OH is 1. The third-order valence-corrected chi connectivity index (χ3v) is 8.85. The van der Waals surface area contributed by atoms with E-state index in [9.17, 15) is 18.3 Å². The number of aryl methyl sites for hydroxylation is 1. The second-order valence-electron chi connectivity index (χ2n) is 11.4. The number of aliphatic carboxylic acids is 1. The van der Waals surface area contributed by atoms with Gasteiger partial charge in [-0.1, -0.05) is 74.5 Å². The highest BCUT2D eigenvalue weighted by molar-refractivity contribution is 7.89. The SMILES string of the molecule is CC(C)c1ccc(CC(C)(C)NC[C@@H](O)CN(C)S(=O)(=O)c2cccc(-c3ccc(CCC(=O)O)cc3)c2)cc1. The van der Waals surface area contributed by atoms with E-state index in [0.29, 0.717) is 12.3 Å². The van der Waals surface area contributed by atoms with Gasteiger partial charge in [0.25, 0.3) is 0 Å². The van der Waals surface area contributed by atoms with Gasteiger partial charge in [-0.2, -0.15) is 4.31 Å². The molecule has 1 atom stereocenters. The lowest BCUT2D eigenvalue weighted by Gasteiger charge is -2.29. The maximum Gasteiger partial charge on any atom is 0.303 e. The normalized spacial score (nSPS) is 13.1. The predicted molar refractivity (Wildman–Crippen MR) is 160 cm³/mol. The molecular formula is C32H42N2O5S. The molecule has 0 amide bonds. The number of aliphatic hydroxyl groups is 1. The quantitative estimate of drug-likeness (QED) is 0.251. The molecule has 0 aliphatic carbocycles. The lowest BCUT2D eigenvalue weighted by Crippen LogP contribution is -2.47. The third-order valence-electron chi connectivity index (χ3n) is 7.03. The molecule has 0 bridgehead atoms. The first-order valence-electron chi connectivity index (χ1n) is 13.7. The van der Waals surface area contributed by atoms with Crippen LogP contribution in [0.15, 0.2) is 77.7 Å². The molecular weight excluding hydrogens is 524 g/mol. The summed E-state index contributed by atoms with van der Waals surface area (Å²) in [6.45, 7) is 8.69. The minimum absolute atomic E-state index is 0.0446. The molecule has 0 fully saturated rings. The Balaban J connectivity index is 1.59. The number of hydrogen-bond donors (Lipinski definition) is 3. The Morgan fingerprint density at radius 3 is 2.17 bits per heavy atom. The fraction of sp³-hybridized carbons (Fsp3) is 0.406. The van der Waals surface area contributed by atoms with Crippen LogP contribution in [0.25, 0.3) is 11.1 Å². The zero-order valence-corrected chi connectivity index (χ0v) is 24.9. The fourth-order valence-electron chi connectivity index (χ4n) is 4.58. The van der Waals surface area contributed by atoms with Gasteiger partial charge in [0.2, 0.25) is 10.0 Å². The van der Waals surface area contributed by atoms with Crippen molar-refractivity contribution in [1.82, 2.24) is 9.62 Å². The Kier molecular flexibility index (Phi) is 10.7. The van der Waals surface area contributed by atoms with Gasteiger partial charge >= 0.3 is 5.97 Å². The van der Waals surface area contributed by atoms with Crippen molar-refractivity contribution in [3.05, 3.63) is 89.5 Å². The van der Waals surface area contributed by atoms with E-state index in [1.54, 1.807) is 18.2 Å². The summed E-state index contributed by atoms with van der Waals surface area (Å²) in [6.07, 6.45) is 0.391. The molecule has 0 aromatic heterocycles. The highest BCUT2D eigenvalue weighted by atomic mass is 32.2. The van der Waals surface area contributed by atoms with Gasteiger partial charge in [0.1, 0.15) is 0 Å². The van der Waals surface area contributed by atoms with Crippen LogP contribution in [0, 0.1) is 0 Å². The molecule has 3 rings (SSSR count). The van der Waals surface area contributed by atoms with Crippen LogP contribution in [0.5, 0.6) is 0 Å². The Labute approximate surface area is 238 Å². The molecule has 0 unspecified atom stereocenters. The maximum atomic E-state index is 13.3. The van der Waals surface area contributed by atoms with Crippen LogP contribution >= 0.6 is 0 Å². The van der Waals surface area contributed by atoms with E-state index in [1.807, 2.05) is 30.3 Å². The van der Waals surface area contributed by atoms with Crippen molar-refractivity contribution < 1.29 is 23.4 Å². The molecule has 0 spiro atoms. The molecule has 0 heterocycles. The molecule has 0 saturated carbocycles. The predicted octanol–water partition coefficient (Wildman–Crippen LogP) is 5.09. The van der Waals surface area contributed by atoms with Gasteiger partial charge in [-0.05, 0) is 72.6 Å². The number of benzene rings is 3. The van der Waals surface area contributed by atoms with Gasteiger partial charge in [0, 0.05) is 32.1 Å². The van der Waals surface area contributed by atoms with E-state index in [-0.39, 0.29) is 29.9 Å². The summed E-state index contributed by atoms with van der Waals surface area (Å²) in [5.74, 6) is -0.363. The maximum absolute atomic E-state index is 13.3. The second-order valence-corrected chi connectivity index (χ2v) is 13.4. The molecule has 0 saturated heterocycles. The van der Waals surface area contributed by atoms with Crippen LogP contribution in [0.3, 0.4) is 0 Å². The molecule has 8 heteroatoms. The average Bonchev–Trinajstić information content (AvgIpc) is 2.91. The van der Waals surface area contributed by atoms with Crippen molar-refractivity contribution in [2.45, 2.75) is 69.4 Å². The molecule has 7 nitrogen and oxygen atoms in total. The summed E-state index contributed by atoms with van der Waals surface area (Å²) < 4.78 is 27.8. The number of carbonyl (C=O) groups is 1. The van der Waals surface area contributed by atoms with E-state index in [2.05, 4.69) is 57.3 Å². The van der Waals surface area contributed by atoms with Crippen LogP contribution in [-0.2, 0) is 27.7 Å². The number of β-amino-alcohol motifs (C(OH)–C–C–N with tert-alkyl or cyclic N) is 1. The van der Waals surface area contributed by atoms with Gasteiger partial charge in [0.15, 0.2) is 0 Å². The van der Waals surface area contributed by atoms with Crippen molar-refractivity contribution in [2.24, 2.45) is 0 Å². The molecule has 0 aliphatic rings. The Morgan fingerprint density at radius 2 is 1.57 bits per heavy atom. The average molecular weight is 567 g/mol. The van der Waals surface area contributed by atoms with Gasteiger partial charge in [-0.25, -0.2) is 8.42 Å². The Hall–Kier alpha value is -3.04. The standard InChI is InChI=1S/C32H42N2O5S/c1-23(2)26-14-11-25(12-15-26)20-32(3,4)33-21-29(35)22-34(5)40(38,39)30-8-6-7-28(19-30)27-16-9-24(10-17-27)13-18-31(36)37/h6-12,14-17,19,23,29,33,35H,13,18,20-22H2,1-5H3,(H,36,37)/t29-/m1/s1. The molecule has 3 N–H and O–H groups in total. The number of carboxylic acids is 1. The summed E-state index contributed by atoms with van der Waals surface area (Å²) in [6, 6.07) is 22.7.